The van der Waals surface area contributed by atoms with Crippen molar-refractivity contribution in [2.75, 3.05) is 25.5 Å². The zero-order valence-corrected chi connectivity index (χ0v) is 8.20. The molecule has 0 saturated carbocycles. The van der Waals surface area contributed by atoms with Crippen molar-refractivity contribution in [3.8, 4) is 0 Å². The van der Waals surface area contributed by atoms with Crippen LogP contribution in [0.25, 0.3) is 0 Å². The Bertz CT molecular complexity index is 281. The van der Waals surface area contributed by atoms with Gasteiger partial charge in [0.25, 0.3) is 0 Å². The van der Waals surface area contributed by atoms with E-state index in [1.165, 1.54) is 13.0 Å². The maximum Gasteiger partial charge on any atom is 0.148 e. The summed E-state index contributed by atoms with van der Waals surface area (Å²) in [5, 5.41) is 7.70. The Hall–Kier alpha value is -1.03. The van der Waals surface area contributed by atoms with Crippen LogP contribution in [-0.2, 0) is 7.05 Å². The Morgan fingerprint density at radius 2 is 2.38 bits per heavy atom. The van der Waals surface area contributed by atoms with Crippen LogP contribution in [0.15, 0.2) is 12.3 Å². The Morgan fingerprint density at radius 1 is 1.54 bits per heavy atom. The molecule has 2 heterocycles. The third kappa shape index (κ3) is 2.01. The molecule has 1 aromatic heterocycles. The van der Waals surface area contributed by atoms with E-state index < -0.39 is 0 Å². The molecule has 1 atom stereocenters. The van der Waals surface area contributed by atoms with Gasteiger partial charge in [-0.05, 0) is 20.0 Å². The average molecular weight is 180 g/mol. The lowest BCUT2D eigenvalue weighted by Crippen LogP contribution is -2.23. The number of hydrogen-bond donors (Lipinski definition) is 1. The lowest BCUT2D eigenvalue weighted by Gasteiger charge is -2.11. The largest absolute Gasteiger partial charge is 0.365 e. The number of likely N-dealkylation sites (N-methyl/N-ethyl adjacent to an activating group) is 1. The molecule has 72 valence electrons. The van der Waals surface area contributed by atoms with Crippen LogP contribution in [0, 0.1) is 0 Å². The predicted octanol–water partition coefficient (Wildman–Crippen LogP) is 0.536. The monoisotopic (exact) mass is 180 g/mol. The van der Waals surface area contributed by atoms with E-state index in [2.05, 4.69) is 22.4 Å². The highest BCUT2D eigenvalue weighted by Crippen LogP contribution is 2.12. The van der Waals surface area contributed by atoms with Crippen molar-refractivity contribution in [2.45, 2.75) is 12.5 Å². The lowest BCUT2D eigenvalue weighted by molar-refractivity contribution is 0.414. The zero-order valence-electron chi connectivity index (χ0n) is 8.20. The molecule has 1 N–H and O–H groups in total. The summed E-state index contributed by atoms with van der Waals surface area (Å²) in [7, 11) is 4.09. The van der Waals surface area contributed by atoms with Crippen molar-refractivity contribution in [3.63, 3.8) is 0 Å². The molecule has 1 aliphatic rings. The average Bonchev–Trinajstić information content (AvgIpc) is 2.62. The lowest BCUT2D eigenvalue weighted by atomic mass is 10.3. The number of anilines is 1. The van der Waals surface area contributed by atoms with Crippen LogP contribution >= 0.6 is 0 Å². The van der Waals surface area contributed by atoms with Gasteiger partial charge in [-0.15, -0.1) is 0 Å². The molecule has 0 aliphatic carbocycles. The quantitative estimate of drug-likeness (QED) is 0.721. The fraction of sp³-hybridized carbons (Fsp3) is 0.667. The number of aryl methyl sites for hydroxylation is 1. The third-order valence-electron chi connectivity index (χ3n) is 2.46. The summed E-state index contributed by atoms with van der Waals surface area (Å²) in [6.45, 7) is 2.31. The minimum absolute atomic E-state index is 0.569. The molecule has 0 radical (unpaired) electrons. The summed E-state index contributed by atoms with van der Waals surface area (Å²) in [5.41, 5.74) is 0. The highest BCUT2D eigenvalue weighted by atomic mass is 15.3. The first-order valence-electron chi connectivity index (χ1n) is 4.69. The summed E-state index contributed by atoms with van der Waals surface area (Å²) >= 11 is 0. The standard InChI is InChI=1S/C9H16N4/c1-12-5-3-8(7-12)10-9-4-6-13(2)11-9/h4,6,8H,3,5,7H2,1-2H3,(H,10,11). The van der Waals surface area contributed by atoms with Gasteiger partial charge in [0.1, 0.15) is 5.82 Å². The summed E-state index contributed by atoms with van der Waals surface area (Å²) in [6.07, 6.45) is 3.17. The van der Waals surface area contributed by atoms with Gasteiger partial charge < -0.3 is 10.2 Å². The van der Waals surface area contributed by atoms with Gasteiger partial charge in [-0.2, -0.15) is 5.10 Å². The van der Waals surface area contributed by atoms with Gasteiger partial charge in [0.05, 0.1) is 0 Å². The second kappa shape index (κ2) is 3.38. The predicted molar refractivity (Wildman–Crippen MR) is 52.7 cm³/mol. The van der Waals surface area contributed by atoms with Gasteiger partial charge in [-0.25, -0.2) is 0 Å². The van der Waals surface area contributed by atoms with Crippen molar-refractivity contribution < 1.29 is 0 Å². The second-order valence-corrected chi connectivity index (χ2v) is 3.77. The molecule has 1 unspecified atom stereocenters. The van der Waals surface area contributed by atoms with Crippen molar-refractivity contribution >= 4 is 5.82 Å². The van der Waals surface area contributed by atoms with E-state index in [1.54, 1.807) is 0 Å². The molecule has 0 aromatic carbocycles. The fourth-order valence-electron chi connectivity index (χ4n) is 1.75. The summed E-state index contributed by atoms with van der Waals surface area (Å²) in [5.74, 6) is 0.989. The number of nitrogens with one attached hydrogen (secondary N) is 1. The molecule has 1 aliphatic heterocycles. The summed E-state index contributed by atoms with van der Waals surface area (Å²) < 4.78 is 1.82. The maximum atomic E-state index is 4.29. The van der Waals surface area contributed by atoms with E-state index in [1.807, 2.05) is 24.0 Å². The molecule has 1 aromatic rings. The van der Waals surface area contributed by atoms with Gasteiger partial charge in [0.15, 0.2) is 0 Å². The van der Waals surface area contributed by atoms with E-state index in [4.69, 9.17) is 0 Å². The van der Waals surface area contributed by atoms with Gasteiger partial charge in [-0.1, -0.05) is 0 Å². The van der Waals surface area contributed by atoms with Crippen LogP contribution in [-0.4, -0.2) is 40.9 Å². The van der Waals surface area contributed by atoms with Gasteiger partial charge in [0, 0.05) is 31.9 Å². The normalized spacial score (nSPS) is 23.7. The van der Waals surface area contributed by atoms with E-state index >= 15 is 0 Å². The molecule has 4 heteroatoms. The molecular formula is C9H16N4. The molecule has 0 spiro atoms. The van der Waals surface area contributed by atoms with Gasteiger partial charge >= 0.3 is 0 Å². The Kier molecular flexibility index (Phi) is 2.22. The number of rotatable bonds is 2. The molecule has 13 heavy (non-hydrogen) atoms. The van der Waals surface area contributed by atoms with Crippen LogP contribution in [0.4, 0.5) is 5.82 Å². The fourth-order valence-corrected chi connectivity index (χ4v) is 1.75. The summed E-state index contributed by atoms with van der Waals surface area (Å²) in [4.78, 5) is 2.33. The number of nitrogens with zero attached hydrogens (tertiary/aromatic N) is 3. The molecule has 1 fully saturated rings. The van der Waals surface area contributed by atoms with Gasteiger partial charge in [-0.3, -0.25) is 4.68 Å². The third-order valence-corrected chi connectivity index (χ3v) is 2.46. The smallest absolute Gasteiger partial charge is 0.148 e. The van der Waals surface area contributed by atoms with E-state index in [9.17, 15) is 0 Å². The van der Waals surface area contributed by atoms with Crippen molar-refractivity contribution in [1.29, 1.82) is 0 Å². The molecule has 0 amide bonds. The van der Waals surface area contributed by atoms with E-state index in [-0.39, 0.29) is 0 Å². The van der Waals surface area contributed by atoms with Crippen molar-refractivity contribution in [1.82, 2.24) is 14.7 Å². The van der Waals surface area contributed by atoms with Crippen LogP contribution < -0.4 is 5.32 Å². The zero-order chi connectivity index (χ0) is 9.26. The minimum atomic E-state index is 0.569. The van der Waals surface area contributed by atoms with E-state index in [0.29, 0.717) is 6.04 Å². The first kappa shape index (κ1) is 8.56. The highest BCUT2D eigenvalue weighted by molar-refractivity contribution is 5.33. The molecule has 1 saturated heterocycles. The van der Waals surface area contributed by atoms with Crippen LogP contribution in [0.2, 0.25) is 0 Å². The molecular weight excluding hydrogens is 164 g/mol. The Labute approximate surface area is 78.5 Å². The number of likely N-dealkylation sites (tertiary alicyclic amines) is 1. The van der Waals surface area contributed by atoms with Crippen LogP contribution in [0.3, 0.4) is 0 Å². The van der Waals surface area contributed by atoms with Crippen molar-refractivity contribution in [3.05, 3.63) is 12.3 Å². The topological polar surface area (TPSA) is 33.1 Å². The van der Waals surface area contributed by atoms with E-state index in [0.717, 1.165) is 12.4 Å². The number of hydrogen-bond acceptors (Lipinski definition) is 3. The maximum absolute atomic E-state index is 4.29. The van der Waals surface area contributed by atoms with Crippen LogP contribution in [0.5, 0.6) is 0 Å². The molecule has 4 nitrogen and oxygen atoms in total. The number of aromatic nitrogens is 2. The molecule has 2 rings (SSSR count). The molecule has 0 bridgehead atoms. The second-order valence-electron chi connectivity index (χ2n) is 3.77. The Morgan fingerprint density at radius 3 is 2.92 bits per heavy atom. The minimum Gasteiger partial charge on any atom is -0.365 e. The van der Waals surface area contributed by atoms with Crippen LogP contribution in [0.1, 0.15) is 6.42 Å². The summed E-state index contributed by atoms with van der Waals surface area (Å²) in [6, 6.07) is 2.58. The Balaban J connectivity index is 1.91. The van der Waals surface area contributed by atoms with Gasteiger partial charge in [0.2, 0.25) is 0 Å². The van der Waals surface area contributed by atoms with Crippen molar-refractivity contribution in [2.24, 2.45) is 7.05 Å². The first-order valence-corrected chi connectivity index (χ1v) is 4.69. The highest BCUT2D eigenvalue weighted by Gasteiger charge is 2.19. The first-order chi connectivity index (χ1) is 6.24. The SMILES string of the molecule is CN1CCC(Nc2ccn(C)n2)C1.